The number of hydrogen-bond donors (Lipinski definition) is 2. The normalized spacial score (nSPS) is 16.7. The summed E-state index contributed by atoms with van der Waals surface area (Å²) in [4.78, 5) is 27.1. The Morgan fingerprint density at radius 1 is 1.18 bits per heavy atom. The fraction of sp³-hybridized carbons (Fsp3) is 0.345. The number of fused-ring (bicyclic) bond motifs is 1. The van der Waals surface area contributed by atoms with E-state index in [1.807, 2.05) is 6.07 Å². The Kier molecular flexibility index (Phi) is 7.72. The van der Waals surface area contributed by atoms with Crippen molar-refractivity contribution >= 4 is 28.2 Å². The van der Waals surface area contributed by atoms with E-state index in [0.29, 0.717) is 45.5 Å². The number of halogens is 3. The molecule has 0 aliphatic carbocycles. The fourth-order valence-corrected chi connectivity index (χ4v) is 5.37. The first-order valence-electron chi connectivity index (χ1n) is 12.9. The maximum Gasteiger partial charge on any atom is 0.258 e. The van der Waals surface area contributed by atoms with Crippen LogP contribution < -0.4 is 10.9 Å². The summed E-state index contributed by atoms with van der Waals surface area (Å²) in [6, 6.07) is 11.1. The van der Waals surface area contributed by atoms with Crippen molar-refractivity contribution in [1.82, 2.24) is 19.9 Å². The van der Waals surface area contributed by atoms with Crippen LogP contribution in [0.5, 0.6) is 0 Å². The molecule has 2 aromatic heterocycles. The van der Waals surface area contributed by atoms with E-state index in [0.717, 1.165) is 36.7 Å². The third kappa shape index (κ3) is 5.87. The number of nitrogens with zero attached hydrogens (tertiary/aromatic N) is 3. The first kappa shape index (κ1) is 26.3. The molecule has 0 amide bonds. The van der Waals surface area contributed by atoms with Gasteiger partial charge in [0.25, 0.3) is 5.56 Å². The van der Waals surface area contributed by atoms with Crippen LogP contribution in [0.25, 0.3) is 22.2 Å². The average Bonchev–Trinajstić information content (AvgIpc) is 3.28. The summed E-state index contributed by atoms with van der Waals surface area (Å²) >= 11 is 6.57. The van der Waals surface area contributed by atoms with E-state index in [2.05, 4.69) is 34.2 Å². The highest BCUT2D eigenvalue weighted by molar-refractivity contribution is 6.34. The van der Waals surface area contributed by atoms with Gasteiger partial charge in [0.15, 0.2) is 0 Å². The van der Waals surface area contributed by atoms with Crippen molar-refractivity contribution in [3.05, 3.63) is 87.1 Å². The third-order valence-electron chi connectivity index (χ3n) is 7.28. The first-order valence-corrected chi connectivity index (χ1v) is 13.3. The van der Waals surface area contributed by atoms with Gasteiger partial charge in [-0.15, -0.1) is 0 Å². The minimum atomic E-state index is -0.658. The summed E-state index contributed by atoms with van der Waals surface area (Å²) in [6.45, 7) is 3.29. The van der Waals surface area contributed by atoms with E-state index in [4.69, 9.17) is 16.6 Å². The van der Waals surface area contributed by atoms with Crippen LogP contribution in [0.4, 0.5) is 14.5 Å². The van der Waals surface area contributed by atoms with Crippen LogP contribution in [0.2, 0.25) is 5.02 Å². The molecular formula is C29H30ClF2N5O. The second-order valence-corrected chi connectivity index (χ2v) is 10.4. The Morgan fingerprint density at radius 3 is 2.63 bits per heavy atom. The summed E-state index contributed by atoms with van der Waals surface area (Å²) in [5, 5.41) is 4.50. The number of hydrogen-bond acceptors (Lipinski definition) is 5. The molecule has 2 N–H and O–H groups in total. The van der Waals surface area contributed by atoms with Gasteiger partial charge < -0.3 is 15.2 Å². The predicted octanol–water partition coefficient (Wildman–Crippen LogP) is 6.18. The highest BCUT2D eigenvalue weighted by Crippen LogP contribution is 2.29. The van der Waals surface area contributed by atoms with Crippen molar-refractivity contribution < 1.29 is 8.78 Å². The number of rotatable bonds is 8. The number of anilines is 1. The van der Waals surface area contributed by atoms with E-state index in [1.54, 1.807) is 24.4 Å². The standard InChI is InChI=1S/C29H30ClF2N5O/c1-3-21(13-22-5-4-8-37(22)2)34-27-15-26-23(14-24(27)30)29(38)36-28(35-26)9-17-6-7-25(33-16-17)18-10-19(31)12-20(32)11-18/h6-7,10-12,14-16,21-22,34H,3-5,8-9,13H2,1-2H3,(H,35,36,38). The summed E-state index contributed by atoms with van der Waals surface area (Å²) in [5.74, 6) is -0.829. The number of aromatic amines is 1. The number of H-pyrrole nitrogens is 1. The lowest BCUT2D eigenvalue weighted by molar-refractivity contribution is 0.284. The minimum absolute atomic E-state index is 0.258. The Labute approximate surface area is 225 Å². The molecule has 0 spiro atoms. The molecule has 2 atom stereocenters. The maximum atomic E-state index is 13.6. The van der Waals surface area contributed by atoms with Gasteiger partial charge in [0.1, 0.15) is 17.5 Å². The van der Waals surface area contributed by atoms with E-state index in [1.165, 1.54) is 25.0 Å². The van der Waals surface area contributed by atoms with Crippen molar-refractivity contribution in [2.24, 2.45) is 0 Å². The number of likely N-dealkylation sites (tertiary alicyclic amines) is 1. The monoisotopic (exact) mass is 537 g/mol. The van der Waals surface area contributed by atoms with Gasteiger partial charge in [0, 0.05) is 36.3 Å². The molecule has 0 radical (unpaired) electrons. The van der Waals surface area contributed by atoms with Gasteiger partial charge in [-0.1, -0.05) is 24.6 Å². The minimum Gasteiger partial charge on any atom is -0.381 e. The van der Waals surface area contributed by atoms with E-state index in [-0.39, 0.29) is 11.6 Å². The molecule has 6 nitrogen and oxygen atoms in total. The molecule has 0 bridgehead atoms. The molecule has 1 aliphatic rings. The molecular weight excluding hydrogens is 508 g/mol. The maximum absolute atomic E-state index is 13.6. The molecule has 1 saturated heterocycles. The van der Waals surface area contributed by atoms with E-state index in [9.17, 15) is 13.6 Å². The van der Waals surface area contributed by atoms with Crippen LogP contribution in [0.1, 0.15) is 44.0 Å². The van der Waals surface area contributed by atoms with Gasteiger partial charge >= 0.3 is 0 Å². The highest BCUT2D eigenvalue weighted by atomic mass is 35.5. The zero-order valence-corrected chi connectivity index (χ0v) is 22.2. The van der Waals surface area contributed by atoms with Crippen LogP contribution in [-0.2, 0) is 6.42 Å². The molecule has 0 saturated carbocycles. The Morgan fingerprint density at radius 2 is 1.97 bits per heavy atom. The molecule has 4 aromatic rings. The Bertz CT molecular complexity index is 1490. The van der Waals surface area contributed by atoms with Gasteiger partial charge in [-0.2, -0.15) is 0 Å². The van der Waals surface area contributed by atoms with Crippen molar-refractivity contribution in [2.75, 3.05) is 18.9 Å². The number of nitrogens with one attached hydrogen (secondary N) is 2. The lowest BCUT2D eigenvalue weighted by Crippen LogP contribution is -2.32. The average molecular weight is 538 g/mol. The Hall–Kier alpha value is -3.36. The van der Waals surface area contributed by atoms with Crippen molar-refractivity contribution in [3.63, 3.8) is 0 Å². The lowest BCUT2D eigenvalue weighted by Gasteiger charge is -2.26. The van der Waals surface area contributed by atoms with Gasteiger partial charge in [-0.3, -0.25) is 9.78 Å². The topological polar surface area (TPSA) is 73.9 Å². The quantitative estimate of drug-likeness (QED) is 0.281. The largest absolute Gasteiger partial charge is 0.381 e. The molecule has 198 valence electrons. The van der Waals surface area contributed by atoms with E-state index < -0.39 is 11.6 Å². The smallest absolute Gasteiger partial charge is 0.258 e. The summed E-state index contributed by atoms with van der Waals surface area (Å²) < 4.78 is 27.1. The van der Waals surface area contributed by atoms with Gasteiger partial charge in [0.05, 0.1) is 27.3 Å². The first-order chi connectivity index (χ1) is 18.3. The SMILES string of the molecule is CCC(CC1CCCN1C)Nc1cc2nc(Cc3ccc(-c4cc(F)cc(F)c4)nc3)[nH]c(=O)c2cc1Cl. The van der Waals surface area contributed by atoms with Crippen LogP contribution in [-0.4, -0.2) is 45.5 Å². The summed E-state index contributed by atoms with van der Waals surface area (Å²) in [6.07, 6.45) is 6.37. The van der Waals surface area contributed by atoms with Crippen LogP contribution >= 0.6 is 11.6 Å². The molecule has 1 fully saturated rings. The van der Waals surface area contributed by atoms with Crippen molar-refractivity contribution in [3.8, 4) is 11.3 Å². The number of benzene rings is 2. The highest BCUT2D eigenvalue weighted by Gasteiger charge is 2.24. The molecule has 1 aliphatic heterocycles. The van der Waals surface area contributed by atoms with Crippen LogP contribution in [0.15, 0.2) is 53.5 Å². The fourth-order valence-electron chi connectivity index (χ4n) is 5.15. The van der Waals surface area contributed by atoms with Gasteiger partial charge in [0.2, 0.25) is 0 Å². The van der Waals surface area contributed by atoms with E-state index >= 15 is 0 Å². The lowest BCUT2D eigenvalue weighted by atomic mass is 10.0. The second kappa shape index (κ2) is 11.2. The summed E-state index contributed by atoms with van der Waals surface area (Å²) in [5.41, 5.74) is 2.66. The Balaban J connectivity index is 1.36. The van der Waals surface area contributed by atoms with Crippen LogP contribution in [0.3, 0.4) is 0 Å². The van der Waals surface area contributed by atoms with Crippen molar-refractivity contribution in [2.45, 2.75) is 51.1 Å². The number of aromatic nitrogens is 3. The predicted molar refractivity (Wildman–Crippen MR) is 148 cm³/mol. The zero-order chi connectivity index (χ0) is 26.8. The third-order valence-corrected chi connectivity index (χ3v) is 7.59. The van der Waals surface area contributed by atoms with Crippen molar-refractivity contribution in [1.29, 1.82) is 0 Å². The van der Waals surface area contributed by atoms with Gasteiger partial charge in [-0.25, -0.2) is 13.8 Å². The number of pyridine rings is 1. The molecule has 2 aromatic carbocycles. The zero-order valence-electron chi connectivity index (χ0n) is 21.4. The molecule has 3 heterocycles. The molecule has 5 rings (SSSR count). The summed E-state index contributed by atoms with van der Waals surface area (Å²) in [7, 11) is 2.18. The van der Waals surface area contributed by atoms with Gasteiger partial charge in [-0.05, 0) is 75.2 Å². The second-order valence-electron chi connectivity index (χ2n) is 10.0. The molecule has 9 heteroatoms. The molecule has 2 unspecified atom stereocenters. The molecule has 38 heavy (non-hydrogen) atoms. The van der Waals surface area contributed by atoms with Crippen LogP contribution in [0, 0.1) is 11.6 Å².